The average molecular weight is 229 g/mol. The van der Waals surface area contributed by atoms with E-state index in [-0.39, 0.29) is 0 Å². The maximum Gasteiger partial charge on any atom is 0.0702 e. The third-order valence-corrected chi connectivity index (χ3v) is 2.73. The summed E-state index contributed by atoms with van der Waals surface area (Å²) in [5.41, 5.74) is 2.37. The Morgan fingerprint density at radius 1 is 1.12 bits per heavy atom. The van der Waals surface area contributed by atoms with Crippen molar-refractivity contribution >= 4 is 10.9 Å². The minimum absolute atomic E-state index is 0.913. The SMILES string of the molecule is CCNCCNCc1ccc2ncccc2c1. The largest absolute Gasteiger partial charge is 0.316 e. The molecule has 1 aromatic heterocycles. The van der Waals surface area contributed by atoms with Gasteiger partial charge in [-0.25, -0.2) is 0 Å². The zero-order valence-corrected chi connectivity index (χ0v) is 10.2. The third kappa shape index (κ3) is 3.51. The quantitative estimate of drug-likeness (QED) is 0.743. The van der Waals surface area contributed by atoms with E-state index in [4.69, 9.17) is 0 Å². The summed E-state index contributed by atoms with van der Waals surface area (Å²) < 4.78 is 0. The number of fused-ring (bicyclic) bond motifs is 1. The predicted octanol–water partition coefficient (Wildman–Crippen LogP) is 1.93. The number of likely N-dealkylation sites (N-methyl/N-ethyl adjacent to an activating group) is 1. The van der Waals surface area contributed by atoms with E-state index in [1.807, 2.05) is 12.3 Å². The summed E-state index contributed by atoms with van der Waals surface area (Å²) in [5, 5.41) is 7.92. The number of pyridine rings is 1. The molecule has 0 unspecified atom stereocenters. The van der Waals surface area contributed by atoms with Crippen molar-refractivity contribution in [2.24, 2.45) is 0 Å². The molecule has 2 aromatic rings. The van der Waals surface area contributed by atoms with Gasteiger partial charge in [-0.2, -0.15) is 0 Å². The van der Waals surface area contributed by atoms with Gasteiger partial charge >= 0.3 is 0 Å². The molecule has 0 fully saturated rings. The molecule has 17 heavy (non-hydrogen) atoms. The van der Waals surface area contributed by atoms with Crippen LogP contribution < -0.4 is 10.6 Å². The number of hydrogen-bond acceptors (Lipinski definition) is 3. The van der Waals surface area contributed by atoms with Crippen LogP contribution in [0.5, 0.6) is 0 Å². The summed E-state index contributed by atoms with van der Waals surface area (Å²) in [6.45, 7) is 6.08. The van der Waals surface area contributed by atoms with E-state index in [1.54, 1.807) is 0 Å². The van der Waals surface area contributed by atoms with E-state index in [0.29, 0.717) is 0 Å². The molecule has 1 heterocycles. The average Bonchev–Trinajstić information content (AvgIpc) is 2.38. The number of nitrogens with one attached hydrogen (secondary N) is 2. The second kappa shape index (κ2) is 6.33. The second-order valence-corrected chi connectivity index (χ2v) is 4.06. The summed E-state index contributed by atoms with van der Waals surface area (Å²) in [6.07, 6.45) is 1.83. The summed E-state index contributed by atoms with van der Waals surface area (Å²) in [4.78, 5) is 4.31. The fraction of sp³-hybridized carbons (Fsp3) is 0.357. The first-order chi connectivity index (χ1) is 8.40. The Morgan fingerprint density at radius 2 is 2.00 bits per heavy atom. The summed E-state index contributed by atoms with van der Waals surface area (Å²) in [6, 6.07) is 10.5. The van der Waals surface area contributed by atoms with Gasteiger partial charge in [0.1, 0.15) is 0 Å². The van der Waals surface area contributed by atoms with Crippen molar-refractivity contribution in [1.82, 2.24) is 15.6 Å². The van der Waals surface area contributed by atoms with Crippen molar-refractivity contribution in [2.45, 2.75) is 13.5 Å². The predicted molar refractivity (Wildman–Crippen MR) is 72.0 cm³/mol. The number of aromatic nitrogens is 1. The van der Waals surface area contributed by atoms with Gasteiger partial charge in [0.2, 0.25) is 0 Å². The minimum atomic E-state index is 0.913. The highest BCUT2D eigenvalue weighted by Gasteiger charge is 1.96. The molecule has 0 aliphatic carbocycles. The van der Waals surface area contributed by atoms with Gasteiger partial charge in [0.15, 0.2) is 0 Å². The normalized spacial score (nSPS) is 10.9. The molecular weight excluding hydrogens is 210 g/mol. The Morgan fingerprint density at radius 3 is 2.88 bits per heavy atom. The first kappa shape index (κ1) is 12.0. The lowest BCUT2D eigenvalue weighted by molar-refractivity contribution is 0.625. The highest BCUT2D eigenvalue weighted by Crippen LogP contribution is 2.12. The first-order valence-corrected chi connectivity index (χ1v) is 6.15. The summed E-state index contributed by atoms with van der Waals surface area (Å²) >= 11 is 0. The lowest BCUT2D eigenvalue weighted by Gasteiger charge is -2.06. The maximum atomic E-state index is 4.31. The van der Waals surface area contributed by atoms with Crippen LogP contribution >= 0.6 is 0 Å². The molecule has 0 radical (unpaired) electrons. The molecule has 0 bridgehead atoms. The number of rotatable bonds is 6. The Hall–Kier alpha value is -1.45. The first-order valence-electron chi connectivity index (χ1n) is 6.15. The van der Waals surface area contributed by atoms with Crippen molar-refractivity contribution in [3.8, 4) is 0 Å². The minimum Gasteiger partial charge on any atom is -0.316 e. The van der Waals surface area contributed by atoms with E-state index >= 15 is 0 Å². The monoisotopic (exact) mass is 229 g/mol. The Bertz CT molecular complexity index is 468. The topological polar surface area (TPSA) is 37.0 Å². The molecule has 0 saturated heterocycles. The zero-order valence-electron chi connectivity index (χ0n) is 10.2. The van der Waals surface area contributed by atoms with Gasteiger partial charge in [-0.15, -0.1) is 0 Å². The molecule has 90 valence electrons. The highest BCUT2D eigenvalue weighted by molar-refractivity contribution is 5.78. The van der Waals surface area contributed by atoms with E-state index in [1.165, 1.54) is 10.9 Å². The molecular formula is C14H19N3. The smallest absolute Gasteiger partial charge is 0.0702 e. The van der Waals surface area contributed by atoms with Gasteiger partial charge in [0, 0.05) is 31.2 Å². The van der Waals surface area contributed by atoms with Crippen LogP contribution in [0.2, 0.25) is 0 Å². The number of nitrogens with zero attached hydrogens (tertiary/aromatic N) is 1. The van der Waals surface area contributed by atoms with Gasteiger partial charge < -0.3 is 10.6 Å². The lowest BCUT2D eigenvalue weighted by atomic mass is 10.1. The van der Waals surface area contributed by atoms with Crippen molar-refractivity contribution in [1.29, 1.82) is 0 Å². The van der Waals surface area contributed by atoms with Crippen LogP contribution in [0.3, 0.4) is 0 Å². The molecule has 0 atom stereocenters. The van der Waals surface area contributed by atoms with Gasteiger partial charge in [0.05, 0.1) is 5.52 Å². The van der Waals surface area contributed by atoms with E-state index in [9.17, 15) is 0 Å². The fourth-order valence-corrected chi connectivity index (χ4v) is 1.82. The van der Waals surface area contributed by atoms with Gasteiger partial charge in [-0.3, -0.25) is 4.98 Å². The molecule has 0 aliphatic rings. The van der Waals surface area contributed by atoms with Crippen LogP contribution in [-0.2, 0) is 6.54 Å². The zero-order chi connectivity index (χ0) is 11.9. The van der Waals surface area contributed by atoms with Crippen LogP contribution in [0.4, 0.5) is 0 Å². The number of benzene rings is 1. The Labute approximate surface area is 102 Å². The molecule has 3 heteroatoms. The van der Waals surface area contributed by atoms with Gasteiger partial charge in [-0.05, 0) is 30.3 Å². The standard InChI is InChI=1S/C14H19N3/c1-2-15-8-9-16-11-12-5-6-14-13(10-12)4-3-7-17-14/h3-7,10,15-16H,2,8-9,11H2,1H3. The van der Waals surface area contributed by atoms with Gasteiger partial charge in [-0.1, -0.05) is 19.1 Å². The van der Waals surface area contributed by atoms with Crippen LogP contribution in [0, 0.1) is 0 Å². The van der Waals surface area contributed by atoms with Crippen molar-refractivity contribution < 1.29 is 0 Å². The molecule has 3 nitrogen and oxygen atoms in total. The molecule has 0 saturated carbocycles. The summed E-state index contributed by atoms with van der Waals surface area (Å²) in [7, 11) is 0. The molecule has 0 aliphatic heterocycles. The lowest BCUT2D eigenvalue weighted by Crippen LogP contribution is -2.26. The Balaban J connectivity index is 1.90. The van der Waals surface area contributed by atoms with Crippen molar-refractivity contribution in [3.63, 3.8) is 0 Å². The number of hydrogen-bond donors (Lipinski definition) is 2. The molecule has 0 amide bonds. The fourth-order valence-electron chi connectivity index (χ4n) is 1.82. The van der Waals surface area contributed by atoms with Crippen LogP contribution in [0.1, 0.15) is 12.5 Å². The Kier molecular flexibility index (Phi) is 4.47. The summed E-state index contributed by atoms with van der Waals surface area (Å²) in [5.74, 6) is 0. The molecule has 2 N–H and O–H groups in total. The second-order valence-electron chi connectivity index (χ2n) is 4.06. The van der Waals surface area contributed by atoms with E-state index in [0.717, 1.165) is 31.7 Å². The molecule has 1 aromatic carbocycles. The van der Waals surface area contributed by atoms with Crippen LogP contribution in [0.15, 0.2) is 36.5 Å². The van der Waals surface area contributed by atoms with Crippen LogP contribution in [0.25, 0.3) is 10.9 Å². The maximum absolute atomic E-state index is 4.31. The molecule has 2 rings (SSSR count). The molecule has 0 spiro atoms. The van der Waals surface area contributed by atoms with Gasteiger partial charge in [0.25, 0.3) is 0 Å². The van der Waals surface area contributed by atoms with Crippen LogP contribution in [-0.4, -0.2) is 24.6 Å². The van der Waals surface area contributed by atoms with Crippen molar-refractivity contribution in [2.75, 3.05) is 19.6 Å². The third-order valence-electron chi connectivity index (χ3n) is 2.73. The van der Waals surface area contributed by atoms with E-state index in [2.05, 4.69) is 46.8 Å². The highest BCUT2D eigenvalue weighted by atomic mass is 14.9. The van der Waals surface area contributed by atoms with Crippen molar-refractivity contribution in [3.05, 3.63) is 42.1 Å². The van der Waals surface area contributed by atoms with E-state index < -0.39 is 0 Å².